The number of hydrogen-bond acceptors (Lipinski definition) is 3. The molecule has 1 N–H and O–H groups in total. The summed E-state index contributed by atoms with van der Waals surface area (Å²) in [5.74, 6) is -0.949. The Bertz CT molecular complexity index is 817. The molecule has 1 saturated heterocycles. The Morgan fingerprint density at radius 3 is 2.22 bits per heavy atom. The van der Waals surface area contributed by atoms with Gasteiger partial charge in [0.1, 0.15) is 5.82 Å². The van der Waals surface area contributed by atoms with Gasteiger partial charge in [-0.15, -0.1) is 0 Å². The van der Waals surface area contributed by atoms with Crippen molar-refractivity contribution in [3.8, 4) is 0 Å². The van der Waals surface area contributed by atoms with E-state index in [0.29, 0.717) is 25.2 Å². The van der Waals surface area contributed by atoms with E-state index in [1.807, 2.05) is 23.1 Å². The average Bonchev–Trinajstić information content (AvgIpc) is 3.51. The summed E-state index contributed by atoms with van der Waals surface area (Å²) >= 11 is 0. The largest absolute Gasteiger partial charge is 0.368 e. The molecule has 0 radical (unpaired) electrons. The van der Waals surface area contributed by atoms with Crippen LogP contribution >= 0.6 is 0 Å². The molecule has 6 heteroatoms. The van der Waals surface area contributed by atoms with Crippen LogP contribution in [0.5, 0.6) is 0 Å². The SMILES string of the molecule is O=C(Nc1ccc(F)cc1)C1CC1C(=O)N1CCN(c2ccccc2)CC1. The highest BCUT2D eigenvalue weighted by molar-refractivity contribution is 5.99. The summed E-state index contributed by atoms with van der Waals surface area (Å²) in [6, 6.07) is 15.8. The molecule has 4 rings (SSSR count). The molecule has 1 aliphatic heterocycles. The fraction of sp³-hybridized carbons (Fsp3) is 0.333. The average molecular weight is 367 g/mol. The van der Waals surface area contributed by atoms with Crippen LogP contribution in [0.2, 0.25) is 0 Å². The van der Waals surface area contributed by atoms with Crippen LogP contribution in [0.4, 0.5) is 15.8 Å². The van der Waals surface area contributed by atoms with E-state index in [-0.39, 0.29) is 29.5 Å². The van der Waals surface area contributed by atoms with Gasteiger partial charge in [0.25, 0.3) is 0 Å². The van der Waals surface area contributed by atoms with Gasteiger partial charge in [0.05, 0.1) is 11.8 Å². The zero-order valence-electron chi connectivity index (χ0n) is 15.0. The van der Waals surface area contributed by atoms with Crippen LogP contribution in [0.3, 0.4) is 0 Å². The standard InChI is InChI=1S/C21H22FN3O2/c22-15-6-8-16(9-7-15)23-20(26)18-14-19(18)21(27)25-12-10-24(11-13-25)17-4-2-1-3-5-17/h1-9,18-19H,10-14H2,(H,23,26). The Balaban J connectivity index is 1.27. The van der Waals surface area contributed by atoms with Crippen molar-refractivity contribution >= 4 is 23.2 Å². The Labute approximate surface area is 157 Å². The van der Waals surface area contributed by atoms with Crippen LogP contribution in [-0.4, -0.2) is 42.9 Å². The summed E-state index contributed by atoms with van der Waals surface area (Å²) in [7, 11) is 0. The maximum Gasteiger partial charge on any atom is 0.228 e. The predicted octanol–water partition coefficient (Wildman–Crippen LogP) is 2.75. The topological polar surface area (TPSA) is 52.7 Å². The van der Waals surface area contributed by atoms with Crippen LogP contribution < -0.4 is 10.2 Å². The molecule has 2 unspecified atom stereocenters. The molecule has 1 heterocycles. The molecule has 1 aliphatic carbocycles. The molecule has 140 valence electrons. The van der Waals surface area contributed by atoms with Gasteiger partial charge in [-0.25, -0.2) is 4.39 Å². The van der Waals surface area contributed by atoms with Gasteiger partial charge in [0.15, 0.2) is 0 Å². The lowest BCUT2D eigenvalue weighted by molar-refractivity contribution is -0.134. The van der Waals surface area contributed by atoms with E-state index in [4.69, 9.17) is 0 Å². The summed E-state index contributed by atoms with van der Waals surface area (Å²) < 4.78 is 12.9. The molecule has 0 aromatic heterocycles. The number of piperazine rings is 1. The van der Waals surface area contributed by atoms with Crippen LogP contribution in [-0.2, 0) is 9.59 Å². The van der Waals surface area contributed by atoms with Crippen molar-refractivity contribution in [2.45, 2.75) is 6.42 Å². The Hall–Kier alpha value is -2.89. The van der Waals surface area contributed by atoms with Gasteiger partial charge < -0.3 is 15.1 Å². The lowest BCUT2D eigenvalue weighted by Crippen LogP contribution is -2.49. The summed E-state index contributed by atoms with van der Waals surface area (Å²) in [4.78, 5) is 29.1. The van der Waals surface area contributed by atoms with Gasteiger partial charge in [0.2, 0.25) is 11.8 Å². The van der Waals surface area contributed by atoms with Crippen molar-refractivity contribution in [3.63, 3.8) is 0 Å². The quantitative estimate of drug-likeness (QED) is 0.904. The highest BCUT2D eigenvalue weighted by Crippen LogP contribution is 2.41. The molecule has 2 atom stereocenters. The Morgan fingerprint density at radius 1 is 0.889 bits per heavy atom. The molecule has 1 saturated carbocycles. The molecule has 0 bridgehead atoms. The number of carbonyl (C=O) groups excluding carboxylic acids is 2. The predicted molar refractivity (Wildman–Crippen MR) is 102 cm³/mol. The first-order chi connectivity index (χ1) is 13.1. The van der Waals surface area contributed by atoms with E-state index < -0.39 is 0 Å². The zero-order chi connectivity index (χ0) is 18.8. The lowest BCUT2D eigenvalue weighted by Gasteiger charge is -2.36. The van der Waals surface area contributed by atoms with Crippen LogP contribution in [0.15, 0.2) is 54.6 Å². The second-order valence-electron chi connectivity index (χ2n) is 7.09. The molecular formula is C21H22FN3O2. The number of hydrogen-bond donors (Lipinski definition) is 1. The first-order valence-electron chi connectivity index (χ1n) is 9.27. The van der Waals surface area contributed by atoms with Gasteiger partial charge in [-0.2, -0.15) is 0 Å². The van der Waals surface area contributed by atoms with Crippen molar-refractivity contribution in [2.75, 3.05) is 36.4 Å². The number of amides is 2. The number of nitrogens with one attached hydrogen (secondary N) is 1. The molecule has 2 aromatic carbocycles. The summed E-state index contributed by atoms with van der Waals surface area (Å²) in [6.45, 7) is 2.96. The maximum absolute atomic E-state index is 12.9. The van der Waals surface area contributed by atoms with E-state index in [9.17, 15) is 14.0 Å². The van der Waals surface area contributed by atoms with Crippen LogP contribution in [0.1, 0.15) is 6.42 Å². The fourth-order valence-corrected chi connectivity index (χ4v) is 3.58. The third-order valence-corrected chi connectivity index (χ3v) is 5.27. The summed E-state index contributed by atoms with van der Waals surface area (Å²) in [5.41, 5.74) is 1.73. The first kappa shape index (κ1) is 17.5. The summed E-state index contributed by atoms with van der Waals surface area (Å²) in [6.07, 6.45) is 0.588. The van der Waals surface area contributed by atoms with Gasteiger partial charge in [-0.3, -0.25) is 9.59 Å². The third-order valence-electron chi connectivity index (χ3n) is 5.27. The smallest absolute Gasteiger partial charge is 0.228 e. The van der Waals surface area contributed by atoms with E-state index in [2.05, 4.69) is 22.3 Å². The second kappa shape index (κ2) is 7.39. The highest BCUT2D eigenvalue weighted by Gasteiger charge is 2.49. The van der Waals surface area contributed by atoms with Crippen molar-refractivity contribution in [2.24, 2.45) is 11.8 Å². The molecule has 2 amide bonds. The molecule has 2 aliphatic rings. The first-order valence-corrected chi connectivity index (χ1v) is 9.27. The van der Waals surface area contributed by atoms with Crippen molar-refractivity contribution in [1.82, 2.24) is 4.90 Å². The minimum Gasteiger partial charge on any atom is -0.368 e. The normalized spacial score (nSPS) is 21.7. The monoisotopic (exact) mass is 367 g/mol. The van der Waals surface area contributed by atoms with Crippen LogP contribution in [0.25, 0.3) is 0 Å². The van der Waals surface area contributed by atoms with Gasteiger partial charge in [-0.05, 0) is 42.8 Å². The number of halogens is 1. The molecule has 5 nitrogen and oxygen atoms in total. The number of nitrogens with zero attached hydrogens (tertiary/aromatic N) is 2. The maximum atomic E-state index is 12.9. The fourth-order valence-electron chi connectivity index (χ4n) is 3.58. The molecule has 27 heavy (non-hydrogen) atoms. The Morgan fingerprint density at radius 2 is 1.56 bits per heavy atom. The van der Waals surface area contributed by atoms with E-state index in [0.717, 1.165) is 13.1 Å². The van der Waals surface area contributed by atoms with Crippen molar-refractivity contribution < 1.29 is 14.0 Å². The number of anilines is 2. The third kappa shape index (κ3) is 3.94. The van der Waals surface area contributed by atoms with E-state index >= 15 is 0 Å². The molecular weight excluding hydrogens is 345 g/mol. The molecule has 0 spiro atoms. The minimum absolute atomic E-state index is 0.0713. The number of benzene rings is 2. The summed E-state index contributed by atoms with van der Waals surface area (Å²) in [5, 5.41) is 2.76. The number of rotatable bonds is 4. The molecule has 2 aromatic rings. The minimum atomic E-state index is -0.345. The molecule has 2 fully saturated rings. The van der Waals surface area contributed by atoms with Gasteiger partial charge in [-0.1, -0.05) is 18.2 Å². The Kier molecular flexibility index (Phi) is 4.79. The highest BCUT2D eigenvalue weighted by atomic mass is 19.1. The van der Waals surface area contributed by atoms with Gasteiger partial charge >= 0.3 is 0 Å². The lowest BCUT2D eigenvalue weighted by atomic mass is 10.2. The van der Waals surface area contributed by atoms with Gasteiger partial charge in [0, 0.05) is 37.6 Å². The number of para-hydroxylation sites is 1. The zero-order valence-corrected chi connectivity index (χ0v) is 15.0. The number of carbonyl (C=O) groups is 2. The second-order valence-corrected chi connectivity index (χ2v) is 7.09. The van der Waals surface area contributed by atoms with E-state index in [1.54, 1.807) is 0 Å². The van der Waals surface area contributed by atoms with E-state index in [1.165, 1.54) is 30.0 Å². The van der Waals surface area contributed by atoms with Crippen molar-refractivity contribution in [3.05, 3.63) is 60.4 Å². The van der Waals surface area contributed by atoms with Crippen molar-refractivity contribution in [1.29, 1.82) is 0 Å². The van der Waals surface area contributed by atoms with Crippen LogP contribution in [0, 0.1) is 17.7 Å².